The number of carbonyl (C=O) groups excluding carboxylic acids is 2. The summed E-state index contributed by atoms with van der Waals surface area (Å²) in [5, 5.41) is 25.6. The van der Waals surface area contributed by atoms with Crippen LogP contribution in [0.4, 0.5) is 21.6 Å². The maximum absolute atomic E-state index is 14.9. The van der Waals surface area contributed by atoms with Gasteiger partial charge >= 0.3 is 5.69 Å². The molecule has 2 saturated heterocycles. The van der Waals surface area contributed by atoms with Gasteiger partial charge in [-0.3, -0.25) is 24.6 Å². The van der Waals surface area contributed by atoms with E-state index in [1.165, 1.54) is 30.4 Å². The number of piperidine rings is 1. The molecule has 2 aromatic carbocycles. The predicted molar refractivity (Wildman–Crippen MR) is 272 cm³/mol. The van der Waals surface area contributed by atoms with Gasteiger partial charge in [0.05, 0.1) is 40.8 Å². The van der Waals surface area contributed by atoms with Crippen molar-refractivity contribution >= 4 is 50.1 Å². The van der Waals surface area contributed by atoms with Gasteiger partial charge in [0.2, 0.25) is 11.7 Å². The van der Waals surface area contributed by atoms with Crippen LogP contribution in [0.15, 0.2) is 71.9 Å². The number of pyridine rings is 2. The van der Waals surface area contributed by atoms with E-state index in [9.17, 15) is 37.6 Å². The summed E-state index contributed by atoms with van der Waals surface area (Å²) in [6, 6.07) is 16.2. The first kappa shape index (κ1) is 50.2. The predicted octanol–water partition coefficient (Wildman–Crippen LogP) is 8.45. The van der Waals surface area contributed by atoms with Gasteiger partial charge in [-0.05, 0) is 112 Å². The van der Waals surface area contributed by atoms with Gasteiger partial charge in [0.15, 0.2) is 5.75 Å². The Kier molecular flexibility index (Phi) is 13.6. The molecule has 3 aromatic heterocycles. The quantitative estimate of drug-likeness (QED) is 0.0571. The number of anilines is 2. The Morgan fingerprint density at radius 1 is 1.00 bits per heavy atom. The zero-order valence-electron chi connectivity index (χ0n) is 41.7. The molecule has 4 N–H and O–H groups in total. The maximum atomic E-state index is 14.9. The van der Waals surface area contributed by atoms with E-state index in [-0.39, 0.29) is 63.1 Å². The molecule has 5 aliphatic rings. The molecule has 2 aliphatic heterocycles. The fraction of sp³-hybridized carbons (Fsp3) is 0.509. The third-order valence-corrected chi connectivity index (χ3v) is 17.4. The molecule has 0 bridgehead atoms. The molecule has 0 radical (unpaired) electrons. The van der Waals surface area contributed by atoms with Crippen molar-refractivity contribution in [1.29, 1.82) is 0 Å². The minimum atomic E-state index is -4.74. The number of piperazine rings is 1. The summed E-state index contributed by atoms with van der Waals surface area (Å²) in [4.78, 5) is 56.6. The van der Waals surface area contributed by atoms with Crippen molar-refractivity contribution in [3.8, 4) is 17.4 Å². The Bertz CT molecular complexity index is 3030. The molecule has 388 valence electrons. The topological polar surface area (TPSA) is 225 Å². The smallest absolute Gasteiger partial charge is 0.312 e. The van der Waals surface area contributed by atoms with Gasteiger partial charge in [-0.25, -0.2) is 22.5 Å². The number of hydrogen-bond acceptors (Lipinski definition) is 14. The fourth-order valence-corrected chi connectivity index (χ4v) is 12.5. The second-order valence-electron chi connectivity index (χ2n) is 21.5. The Morgan fingerprint density at radius 3 is 2.44 bits per heavy atom. The summed E-state index contributed by atoms with van der Waals surface area (Å²) in [5.74, 6) is -0.971. The number of benzene rings is 2. The van der Waals surface area contributed by atoms with Crippen LogP contribution in [0.1, 0.15) is 118 Å². The average Bonchev–Trinajstić information content (AvgIpc) is 4.16. The molecule has 1 spiro atoms. The Balaban J connectivity index is 0.863. The van der Waals surface area contributed by atoms with E-state index in [4.69, 9.17) is 9.47 Å². The standard InChI is InChI=1S/C53H64FN9O9S/c1-32(2)38-7-5-6-8-39(38)44-31-61(51(65)34-9-10-34)21-22-62(44)36-26-53(27-36)17-19-60(20-18-53)35-11-12-40(45(23-35)72-46-25-41-42(54)30-57-47(41)58-50(46)71-4)49(64)59-73(69,70)37-24-43(63(67)68)48(56-29-37)55-28-33-13-15-52(3,66)16-14-33/h5-8,11-12,23-25,29-30,32-34,36,44,66H,9-10,13-22,26-28,31H2,1-4H3,(H,55,56)(H,57,58)(H,59,64)/t33?,44-,52?/m0/s1. The van der Waals surface area contributed by atoms with E-state index in [0.29, 0.717) is 75.4 Å². The molecule has 5 aromatic rings. The number of aromatic nitrogens is 3. The number of methoxy groups -OCH3 is 1. The highest BCUT2D eigenvalue weighted by atomic mass is 32.2. The van der Waals surface area contributed by atoms with Crippen LogP contribution in [-0.4, -0.2) is 113 Å². The van der Waals surface area contributed by atoms with Gasteiger partial charge in [0.1, 0.15) is 22.1 Å². The van der Waals surface area contributed by atoms with Crippen molar-refractivity contribution in [2.45, 2.75) is 113 Å². The van der Waals surface area contributed by atoms with Gasteiger partial charge in [-0.15, -0.1) is 0 Å². The van der Waals surface area contributed by atoms with E-state index in [0.717, 1.165) is 70.1 Å². The molecule has 1 atom stereocenters. The number of halogens is 1. The fourth-order valence-electron chi connectivity index (χ4n) is 11.6. The number of ether oxygens (including phenoxy) is 2. The first-order chi connectivity index (χ1) is 34.9. The summed E-state index contributed by atoms with van der Waals surface area (Å²) < 4.78 is 56.5. The molecular weight excluding hydrogens is 958 g/mol. The van der Waals surface area contributed by atoms with Gasteiger partial charge in [-0.2, -0.15) is 4.98 Å². The lowest BCUT2D eigenvalue weighted by molar-refractivity contribution is -0.384. The number of H-pyrrole nitrogens is 1. The number of nitrogens with zero attached hydrogens (tertiary/aromatic N) is 6. The monoisotopic (exact) mass is 1020 g/mol. The summed E-state index contributed by atoms with van der Waals surface area (Å²) in [7, 11) is -3.38. The van der Waals surface area contributed by atoms with Crippen LogP contribution < -0.4 is 24.4 Å². The number of nitrogens with one attached hydrogen (secondary N) is 3. The van der Waals surface area contributed by atoms with Gasteiger partial charge in [0, 0.05) is 81.3 Å². The van der Waals surface area contributed by atoms with Crippen LogP contribution in [0.25, 0.3) is 11.0 Å². The number of aromatic amines is 1. The summed E-state index contributed by atoms with van der Waals surface area (Å²) in [6.45, 7) is 10.3. The van der Waals surface area contributed by atoms with Crippen molar-refractivity contribution in [1.82, 2.24) is 29.5 Å². The third kappa shape index (κ3) is 10.4. The van der Waals surface area contributed by atoms with E-state index < -0.39 is 42.9 Å². The second-order valence-corrected chi connectivity index (χ2v) is 23.2. The SMILES string of the molecule is COc1nc2[nH]cc(F)c2cc1Oc1cc(N2CCC3(CC2)CC(N2CCN(C(=O)C4CC4)C[C@H]2c2ccccc2C(C)C)C3)ccc1C(=O)NS(=O)(=O)c1cnc(NCC2CCC(C)(O)CC2)c([N+](=O)[O-])c1. The van der Waals surface area contributed by atoms with Crippen LogP contribution in [0.2, 0.25) is 0 Å². The van der Waals surface area contributed by atoms with E-state index >= 15 is 0 Å². The van der Waals surface area contributed by atoms with Gasteiger partial charge in [0.25, 0.3) is 21.8 Å². The van der Waals surface area contributed by atoms with Crippen molar-refractivity contribution in [3.05, 3.63) is 99.6 Å². The van der Waals surface area contributed by atoms with Crippen molar-refractivity contribution < 1.29 is 41.9 Å². The molecule has 20 heteroatoms. The molecule has 5 fully saturated rings. The first-order valence-corrected chi connectivity index (χ1v) is 27.0. The van der Waals surface area contributed by atoms with Crippen molar-refractivity contribution in [2.75, 3.05) is 56.6 Å². The van der Waals surface area contributed by atoms with Crippen LogP contribution in [0.5, 0.6) is 17.4 Å². The minimum absolute atomic E-state index is 0.0218. The molecule has 0 unspecified atom stereocenters. The highest BCUT2D eigenvalue weighted by molar-refractivity contribution is 7.90. The lowest BCUT2D eigenvalue weighted by atomic mass is 9.59. The number of aliphatic hydroxyl groups is 1. The molecule has 10 rings (SSSR count). The molecule has 3 saturated carbocycles. The highest BCUT2D eigenvalue weighted by Gasteiger charge is 2.51. The number of amides is 2. The van der Waals surface area contributed by atoms with Crippen molar-refractivity contribution in [3.63, 3.8) is 0 Å². The average molecular weight is 1020 g/mol. The van der Waals surface area contributed by atoms with Crippen LogP contribution >= 0.6 is 0 Å². The summed E-state index contributed by atoms with van der Waals surface area (Å²) in [5.41, 5.74) is 2.16. The van der Waals surface area contributed by atoms with Gasteiger partial charge in [-0.1, -0.05) is 38.1 Å². The van der Waals surface area contributed by atoms with E-state index in [2.05, 4.69) is 73.1 Å². The lowest BCUT2D eigenvalue weighted by Crippen LogP contribution is -2.60. The molecule has 5 heterocycles. The minimum Gasteiger partial charge on any atom is -0.478 e. The zero-order valence-corrected chi connectivity index (χ0v) is 42.6. The van der Waals surface area contributed by atoms with Crippen LogP contribution in [0.3, 0.4) is 0 Å². The van der Waals surface area contributed by atoms with E-state index in [1.807, 2.05) is 4.72 Å². The summed E-state index contributed by atoms with van der Waals surface area (Å²) in [6.07, 6.45) is 10.6. The van der Waals surface area contributed by atoms with Gasteiger partial charge < -0.3 is 34.7 Å². The Hall–Kier alpha value is -6.38. The van der Waals surface area contributed by atoms with Crippen LogP contribution in [0, 0.1) is 33.2 Å². The number of fused-ring (bicyclic) bond motifs is 1. The number of hydrogen-bond donors (Lipinski definition) is 4. The van der Waals surface area contributed by atoms with E-state index in [1.54, 1.807) is 19.1 Å². The Labute approximate surface area is 424 Å². The van der Waals surface area contributed by atoms with Crippen LogP contribution in [-0.2, 0) is 14.8 Å². The third-order valence-electron chi connectivity index (χ3n) is 16.1. The molecular formula is C53H64FN9O9S. The van der Waals surface area contributed by atoms with Crippen molar-refractivity contribution in [2.24, 2.45) is 17.3 Å². The maximum Gasteiger partial charge on any atom is 0.312 e. The Morgan fingerprint density at radius 2 is 1.74 bits per heavy atom. The molecule has 3 aliphatic carbocycles. The summed E-state index contributed by atoms with van der Waals surface area (Å²) >= 11 is 0. The lowest BCUT2D eigenvalue weighted by Gasteiger charge is -2.58. The number of rotatable bonds is 15. The number of carbonyl (C=O) groups is 2. The number of nitro groups is 1. The second kappa shape index (κ2) is 19.8. The highest BCUT2D eigenvalue weighted by Crippen LogP contribution is 2.54. The molecule has 2 amide bonds. The zero-order chi connectivity index (χ0) is 51.4. The number of sulfonamides is 1. The normalized spacial score (nSPS) is 22.6. The molecule has 18 nitrogen and oxygen atoms in total. The molecule has 73 heavy (non-hydrogen) atoms. The largest absolute Gasteiger partial charge is 0.478 e. The first-order valence-electron chi connectivity index (χ1n) is 25.5.